The molecule has 0 spiro atoms. The van der Waals surface area contributed by atoms with Crippen LogP contribution in [0.5, 0.6) is 0 Å². The van der Waals surface area contributed by atoms with Gasteiger partial charge in [-0.3, -0.25) is 14.2 Å². The van der Waals surface area contributed by atoms with Gasteiger partial charge in [0.2, 0.25) is 5.91 Å². The predicted molar refractivity (Wildman–Crippen MR) is 114 cm³/mol. The normalized spacial score (nSPS) is 17.0. The fraction of sp³-hybridized carbons (Fsp3) is 0.318. The quantitative estimate of drug-likeness (QED) is 0.499. The number of para-hydroxylation sites is 2. The number of fused-ring (bicyclic) bond motifs is 2. The van der Waals surface area contributed by atoms with Crippen LogP contribution in [0.3, 0.4) is 0 Å². The van der Waals surface area contributed by atoms with Gasteiger partial charge in [0.1, 0.15) is 0 Å². The number of hydrogen-bond donors (Lipinski definition) is 0. The van der Waals surface area contributed by atoms with Gasteiger partial charge in [-0.05, 0) is 51.0 Å². The second-order valence-electron chi connectivity index (χ2n) is 7.11. The van der Waals surface area contributed by atoms with Crippen LogP contribution in [0, 0.1) is 0 Å². The Labute approximate surface area is 168 Å². The molecular formula is C22H23N3O2S. The molecule has 3 aromatic rings. The maximum absolute atomic E-state index is 13.3. The molecule has 2 unspecified atom stereocenters. The van der Waals surface area contributed by atoms with Crippen molar-refractivity contribution in [2.75, 3.05) is 4.90 Å². The van der Waals surface area contributed by atoms with Crippen molar-refractivity contribution >= 4 is 34.3 Å². The number of anilines is 1. The Balaban J connectivity index is 1.66. The van der Waals surface area contributed by atoms with Gasteiger partial charge in [-0.15, -0.1) is 0 Å². The third-order valence-corrected chi connectivity index (χ3v) is 6.30. The fourth-order valence-corrected chi connectivity index (χ4v) is 4.84. The molecule has 2 atom stereocenters. The Kier molecular flexibility index (Phi) is 4.98. The van der Waals surface area contributed by atoms with Gasteiger partial charge in [0.15, 0.2) is 5.16 Å². The lowest BCUT2D eigenvalue weighted by Crippen LogP contribution is -2.40. The number of hydrogen-bond acceptors (Lipinski definition) is 4. The topological polar surface area (TPSA) is 55.2 Å². The molecular weight excluding hydrogens is 370 g/mol. The van der Waals surface area contributed by atoms with Crippen LogP contribution in [-0.2, 0) is 17.8 Å². The number of thioether (sulfide) groups is 1. The van der Waals surface area contributed by atoms with Crippen LogP contribution in [0.1, 0.15) is 26.3 Å². The van der Waals surface area contributed by atoms with Crippen LogP contribution in [0.2, 0.25) is 0 Å². The van der Waals surface area contributed by atoms with Crippen molar-refractivity contribution in [3.8, 4) is 0 Å². The van der Waals surface area contributed by atoms with Crippen LogP contribution in [0.4, 0.5) is 5.69 Å². The van der Waals surface area contributed by atoms with E-state index in [0.29, 0.717) is 22.6 Å². The first-order valence-electron chi connectivity index (χ1n) is 9.58. The van der Waals surface area contributed by atoms with Gasteiger partial charge in [-0.2, -0.15) is 0 Å². The molecule has 0 saturated heterocycles. The van der Waals surface area contributed by atoms with E-state index in [1.54, 1.807) is 10.6 Å². The summed E-state index contributed by atoms with van der Waals surface area (Å²) in [5.41, 5.74) is 2.80. The number of carbonyl (C=O) groups is 1. The van der Waals surface area contributed by atoms with E-state index in [0.717, 1.165) is 12.1 Å². The van der Waals surface area contributed by atoms with Gasteiger partial charge in [-0.25, -0.2) is 4.98 Å². The molecule has 0 saturated carbocycles. The van der Waals surface area contributed by atoms with Gasteiger partial charge in [0, 0.05) is 18.3 Å². The molecule has 1 amide bonds. The zero-order valence-electron chi connectivity index (χ0n) is 16.3. The lowest BCUT2D eigenvalue weighted by Gasteiger charge is -2.26. The van der Waals surface area contributed by atoms with Crippen LogP contribution >= 0.6 is 11.8 Å². The maximum Gasteiger partial charge on any atom is 0.262 e. The van der Waals surface area contributed by atoms with Crippen molar-refractivity contribution < 1.29 is 4.79 Å². The summed E-state index contributed by atoms with van der Waals surface area (Å²) < 4.78 is 1.65. The average Bonchev–Trinajstić information content (AvgIpc) is 3.03. The van der Waals surface area contributed by atoms with E-state index >= 15 is 0 Å². The number of amides is 1. The summed E-state index contributed by atoms with van der Waals surface area (Å²) in [7, 11) is 0. The van der Waals surface area contributed by atoms with Crippen molar-refractivity contribution in [3.63, 3.8) is 0 Å². The lowest BCUT2D eigenvalue weighted by molar-refractivity contribution is -0.118. The van der Waals surface area contributed by atoms with E-state index in [-0.39, 0.29) is 22.8 Å². The molecule has 0 aliphatic carbocycles. The lowest BCUT2D eigenvalue weighted by atomic mass is 10.1. The van der Waals surface area contributed by atoms with Gasteiger partial charge in [0.05, 0.1) is 16.2 Å². The zero-order chi connectivity index (χ0) is 19.8. The average molecular weight is 394 g/mol. The van der Waals surface area contributed by atoms with Crippen molar-refractivity contribution in [1.82, 2.24) is 9.55 Å². The first-order valence-corrected chi connectivity index (χ1v) is 10.5. The molecule has 5 nitrogen and oxygen atoms in total. The fourth-order valence-electron chi connectivity index (χ4n) is 3.82. The van der Waals surface area contributed by atoms with Crippen LogP contribution < -0.4 is 10.5 Å². The third kappa shape index (κ3) is 3.11. The number of benzene rings is 2. The van der Waals surface area contributed by atoms with Crippen molar-refractivity contribution in [2.24, 2.45) is 0 Å². The summed E-state index contributed by atoms with van der Waals surface area (Å²) in [5, 5.41) is 0.849. The molecule has 28 heavy (non-hydrogen) atoms. The highest BCUT2D eigenvalue weighted by Gasteiger charge is 2.33. The molecule has 144 valence electrons. The van der Waals surface area contributed by atoms with Crippen molar-refractivity contribution in [2.45, 2.75) is 50.2 Å². The number of aromatic nitrogens is 2. The summed E-state index contributed by atoms with van der Waals surface area (Å²) in [6.07, 6.45) is 0.868. The van der Waals surface area contributed by atoms with E-state index in [1.165, 1.54) is 17.3 Å². The van der Waals surface area contributed by atoms with E-state index in [4.69, 9.17) is 0 Å². The maximum atomic E-state index is 13.3. The number of nitrogens with zero attached hydrogens (tertiary/aromatic N) is 3. The third-order valence-electron chi connectivity index (χ3n) is 5.22. The minimum atomic E-state index is -0.348. The Hall–Kier alpha value is -2.60. The Morgan fingerprint density at radius 1 is 1.21 bits per heavy atom. The first-order chi connectivity index (χ1) is 13.5. The standard InChI is InChI=1S/C22H23N3O2S/c1-4-24-21(27)17-10-6-7-11-18(17)23-22(24)28-15(3)20(26)25-14(2)13-16-9-5-8-12-19(16)25/h5-12,14-15H,4,13H2,1-3H3. The van der Waals surface area contributed by atoms with Crippen LogP contribution in [-0.4, -0.2) is 26.8 Å². The molecule has 1 aromatic heterocycles. The summed E-state index contributed by atoms with van der Waals surface area (Å²) in [6.45, 7) is 6.41. The summed E-state index contributed by atoms with van der Waals surface area (Å²) in [6, 6.07) is 15.5. The molecule has 0 N–H and O–H groups in total. The predicted octanol–water partition coefficient (Wildman–Crippen LogP) is 3.87. The minimum absolute atomic E-state index is 0.0486. The van der Waals surface area contributed by atoms with E-state index in [9.17, 15) is 9.59 Å². The second kappa shape index (κ2) is 7.43. The van der Waals surface area contributed by atoms with Gasteiger partial charge >= 0.3 is 0 Å². The molecule has 0 radical (unpaired) electrons. The monoisotopic (exact) mass is 393 g/mol. The molecule has 0 bridgehead atoms. The Morgan fingerprint density at radius 3 is 2.71 bits per heavy atom. The van der Waals surface area contributed by atoms with E-state index < -0.39 is 0 Å². The highest BCUT2D eigenvalue weighted by Crippen LogP contribution is 2.34. The molecule has 1 aliphatic heterocycles. The molecule has 1 aliphatic rings. The molecule has 2 heterocycles. The first kappa shape index (κ1) is 18.7. The molecule has 0 fully saturated rings. The number of carbonyl (C=O) groups excluding carboxylic acids is 1. The van der Waals surface area contributed by atoms with Gasteiger partial charge < -0.3 is 4.90 Å². The molecule has 2 aromatic carbocycles. The van der Waals surface area contributed by atoms with Crippen LogP contribution in [0.15, 0.2) is 58.5 Å². The molecule has 6 heteroatoms. The van der Waals surface area contributed by atoms with Crippen molar-refractivity contribution in [3.05, 3.63) is 64.4 Å². The SMILES string of the molecule is CCn1c(SC(C)C(=O)N2c3ccccc3CC2C)nc2ccccc2c1=O. The largest absolute Gasteiger partial charge is 0.308 e. The Bertz CT molecular complexity index is 1110. The zero-order valence-corrected chi connectivity index (χ0v) is 17.1. The highest BCUT2D eigenvalue weighted by molar-refractivity contribution is 8.00. The molecule has 4 rings (SSSR count). The van der Waals surface area contributed by atoms with Gasteiger partial charge in [0.25, 0.3) is 5.56 Å². The van der Waals surface area contributed by atoms with E-state index in [1.807, 2.05) is 55.1 Å². The van der Waals surface area contributed by atoms with Crippen molar-refractivity contribution in [1.29, 1.82) is 0 Å². The summed E-state index contributed by atoms with van der Waals surface area (Å²) in [5.74, 6) is 0.0486. The minimum Gasteiger partial charge on any atom is -0.308 e. The van der Waals surface area contributed by atoms with E-state index in [2.05, 4.69) is 18.0 Å². The Morgan fingerprint density at radius 2 is 1.93 bits per heavy atom. The van der Waals surface area contributed by atoms with Gasteiger partial charge in [-0.1, -0.05) is 42.1 Å². The number of rotatable bonds is 4. The highest BCUT2D eigenvalue weighted by atomic mass is 32.2. The smallest absolute Gasteiger partial charge is 0.262 e. The second-order valence-corrected chi connectivity index (χ2v) is 8.42. The van der Waals surface area contributed by atoms with Crippen LogP contribution in [0.25, 0.3) is 10.9 Å². The summed E-state index contributed by atoms with van der Waals surface area (Å²) >= 11 is 1.36. The summed E-state index contributed by atoms with van der Waals surface area (Å²) in [4.78, 5) is 32.6.